The third kappa shape index (κ3) is 1.49. The van der Waals surface area contributed by atoms with Gasteiger partial charge in [-0.15, -0.1) is 0 Å². The van der Waals surface area contributed by atoms with E-state index in [0.29, 0.717) is 10.6 Å². The number of nitrogens with zero attached hydrogens (tertiary/aromatic N) is 2. The lowest BCUT2D eigenvalue weighted by Crippen LogP contribution is -1.96. The van der Waals surface area contributed by atoms with E-state index in [4.69, 9.17) is 22.6 Å². The van der Waals surface area contributed by atoms with Crippen LogP contribution in [-0.2, 0) is 0 Å². The molecule has 1 aromatic heterocycles. The zero-order valence-electron chi connectivity index (χ0n) is 8.08. The largest absolute Gasteiger partial charge is 0.383 e. The Balaban J connectivity index is 2.89. The molecule has 0 atom stereocenters. The summed E-state index contributed by atoms with van der Waals surface area (Å²) in [6.07, 6.45) is 0. The fourth-order valence-corrected chi connectivity index (χ4v) is 1.61. The van der Waals surface area contributed by atoms with Gasteiger partial charge in [-0.3, -0.25) is 0 Å². The first-order valence-electron chi connectivity index (χ1n) is 4.39. The van der Waals surface area contributed by atoms with Crippen molar-refractivity contribution < 1.29 is 0 Å². The summed E-state index contributed by atoms with van der Waals surface area (Å²) in [5.41, 5.74) is 7.66. The van der Waals surface area contributed by atoms with Crippen LogP contribution in [0.25, 0.3) is 10.9 Å². The van der Waals surface area contributed by atoms with Crippen LogP contribution in [0.2, 0.25) is 5.02 Å². The van der Waals surface area contributed by atoms with Crippen molar-refractivity contribution in [3.63, 3.8) is 0 Å². The summed E-state index contributed by atoms with van der Waals surface area (Å²) in [5.74, 6) is 0.246. The van der Waals surface area contributed by atoms with Crippen LogP contribution in [0.3, 0.4) is 0 Å². The molecule has 0 bridgehead atoms. The van der Waals surface area contributed by atoms with E-state index in [1.807, 2.05) is 19.1 Å². The molecular weight excluding hydrogens is 210 g/mol. The maximum absolute atomic E-state index is 8.81. The van der Waals surface area contributed by atoms with E-state index in [2.05, 4.69) is 4.98 Å². The second kappa shape index (κ2) is 3.41. The molecule has 0 spiro atoms. The maximum atomic E-state index is 8.81. The number of aryl methyl sites for hydroxylation is 1. The van der Waals surface area contributed by atoms with Gasteiger partial charge >= 0.3 is 0 Å². The first kappa shape index (κ1) is 9.75. The van der Waals surface area contributed by atoms with Gasteiger partial charge in [0.2, 0.25) is 0 Å². The zero-order chi connectivity index (χ0) is 11.0. The van der Waals surface area contributed by atoms with Crippen LogP contribution in [-0.4, -0.2) is 4.98 Å². The van der Waals surface area contributed by atoms with Gasteiger partial charge in [-0.1, -0.05) is 17.7 Å². The van der Waals surface area contributed by atoms with Gasteiger partial charge in [-0.2, -0.15) is 5.26 Å². The minimum absolute atomic E-state index is 0.246. The predicted octanol–water partition coefficient (Wildman–Crippen LogP) is 2.65. The summed E-state index contributed by atoms with van der Waals surface area (Å²) in [7, 11) is 0. The highest BCUT2D eigenvalue weighted by molar-refractivity contribution is 6.32. The van der Waals surface area contributed by atoms with Crippen molar-refractivity contribution in [1.29, 1.82) is 5.26 Å². The summed E-state index contributed by atoms with van der Waals surface area (Å²) in [5, 5.41) is 10.3. The average Bonchev–Trinajstić information content (AvgIpc) is 2.24. The van der Waals surface area contributed by atoms with Gasteiger partial charge in [-0.25, -0.2) is 4.98 Å². The summed E-state index contributed by atoms with van der Waals surface area (Å²) in [6, 6.07) is 7.35. The van der Waals surface area contributed by atoms with Gasteiger partial charge in [0.15, 0.2) is 0 Å². The second-order valence-electron chi connectivity index (χ2n) is 3.28. The molecule has 2 N–H and O–H groups in total. The van der Waals surface area contributed by atoms with Crippen LogP contribution in [0.1, 0.15) is 11.1 Å². The Morgan fingerprint density at radius 2 is 2.20 bits per heavy atom. The Hall–Kier alpha value is -1.79. The van der Waals surface area contributed by atoms with Gasteiger partial charge < -0.3 is 5.73 Å². The van der Waals surface area contributed by atoms with Crippen LogP contribution >= 0.6 is 11.6 Å². The highest BCUT2D eigenvalue weighted by atomic mass is 35.5. The molecule has 74 valence electrons. The number of hydrogen-bond donors (Lipinski definition) is 1. The highest BCUT2D eigenvalue weighted by Crippen LogP contribution is 2.26. The molecule has 15 heavy (non-hydrogen) atoms. The quantitative estimate of drug-likeness (QED) is 0.738. The topological polar surface area (TPSA) is 62.7 Å². The normalized spacial score (nSPS) is 10.2. The molecule has 0 unspecified atom stereocenters. The van der Waals surface area contributed by atoms with E-state index < -0.39 is 0 Å². The Morgan fingerprint density at radius 1 is 1.47 bits per heavy atom. The molecule has 0 aliphatic heterocycles. The van der Waals surface area contributed by atoms with E-state index in [1.165, 1.54) is 0 Å². The molecule has 3 nitrogen and oxygen atoms in total. The smallest absolute Gasteiger partial charge is 0.142 e. The van der Waals surface area contributed by atoms with Crippen LogP contribution in [0.5, 0.6) is 0 Å². The molecule has 0 saturated carbocycles. The lowest BCUT2D eigenvalue weighted by atomic mass is 10.1. The molecule has 2 aromatic rings. The number of pyridine rings is 1. The lowest BCUT2D eigenvalue weighted by Gasteiger charge is -2.05. The summed E-state index contributed by atoms with van der Waals surface area (Å²) in [4.78, 5) is 4.18. The highest BCUT2D eigenvalue weighted by Gasteiger charge is 2.07. The van der Waals surface area contributed by atoms with Gasteiger partial charge in [0, 0.05) is 10.4 Å². The van der Waals surface area contributed by atoms with Gasteiger partial charge in [0.25, 0.3) is 0 Å². The molecule has 4 heteroatoms. The molecule has 1 aromatic carbocycles. The Morgan fingerprint density at radius 3 is 2.87 bits per heavy atom. The van der Waals surface area contributed by atoms with E-state index in [0.717, 1.165) is 16.5 Å². The van der Waals surface area contributed by atoms with E-state index in [1.54, 1.807) is 12.1 Å². The molecular formula is C11H8ClN3. The Labute approximate surface area is 92.1 Å². The van der Waals surface area contributed by atoms with Crippen molar-refractivity contribution in [3.8, 4) is 6.07 Å². The third-order valence-corrected chi connectivity index (χ3v) is 2.73. The van der Waals surface area contributed by atoms with E-state index >= 15 is 0 Å². The van der Waals surface area contributed by atoms with E-state index in [9.17, 15) is 0 Å². The van der Waals surface area contributed by atoms with Crippen molar-refractivity contribution in [2.24, 2.45) is 0 Å². The van der Waals surface area contributed by atoms with E-state index in [-0.39, 0.29) is 5.82 Å². The van der Waals surface area contributed by atoms with Crippen LogP contribution in [0.4, 0.5) is 5.82 Å². The summed E-state index contributed by atoms with van der Waals surface area (Å²) in [6.45, 7) is 1.88. The van der Waals surface area contributed by atoms with Gasteiger partial charge in [0.1, 0.15) is 11.9 Å². The number of aromatic nitrogens is 1. The minimum Gasteiger partial charge on any atom is -0.383 e. The minimum atomic E-state index is 0.246. The fourth-order valence-electron chi connectivity index (χ4n) is 1.46. The van der Waals surface area contributed by atoms with Crippen molar-refractivity contribution in [3.05, 3.63) is 34.3 Å². The number of rotatable bonds is 0. The Kier molecular flexibility index (Phi) is 2.22. The number of fused-ring (bicyclic) bond motifs is 1. The number of halogens is 1. The van der Waals surface area contributed by atoms with Gasteiger partial charge in [0.05, 0.1) is 11.1 Å². The number of nitrogens with two attached hydrogens (primary N) is 1. The number of nitrogen functional groups attached to an aromatic ring is 1. The summed E-state index contributed by atoms with van der Waals surface area (Å²) < 4.78 is 0. The monoisotopic (exact) mass is 217 g/mol. The first-order chi connectivity index (χ1) is 7.13. The molecule has 0 radical (unpaired) electrons. The van der Waals surface area contributed by atoms with Crippen molar-refractivity contribution >= 4 is 28.3 Å². The molecule has 0 aliphatic carbocycles. The predicted molar refractivity (Wildman–Crippen MR) is 60.6 cm³/mol. The second-order valence-corrected chi connectivity index (χ2v) is 3.68. The van der Waals surface area contributed by atoms with Crippen LogP contribution in [0.15, 0.2) is 18.2 Å². The number of hydrogen-bond acceptors (Lipinski definition) is 3. The lowest BCUT2D eigenvalue weighted by molar-refractivity contribution is 1.35. The first-order valence-corrected chi connectivity index (χ1v) is 4.76. The maximum Gasteiger partial charge on any atom is 0.142 e. The van der Waals surface area contributed by atoms with Gasteiger partial charge in [-0.05, 0) is 24.6 Å². The zero-order valence-corrected chi connectivity index (χ0v) is 8.84. The number of anilines is 1. The molecule has 0 saturated heterocycles. The van der Waals surface area contributed by atoms with Crippen LogP contribution in [0, 0.1) is 18.3 Å². The number of nitriles is 1. The summed E-state index contributed by atoms with van der Waals surface area (Å²) >= 11 is 5.97. The van der Waals surface area contributed by atoms with Crippen molar-refractivity contribution in [2.75, 3.05) is 5.73 Å². The molecule has 0 aliphatic rings. The SMILES string of the molecule is Cc1c(Cl)ccc2cc(C#N)c(N)nc12. The molecule has 0 fully saturated rings. The molecule has 0 amide bonds. The Bertz CT molecular complexity index is 584. The molecule has 2 rings (SSSR count). The van der Waals surface area contributed by atoms with Crippen molar-refractivity contribution in [2.45, 2.75) is 6.92 Å². The number of benzene rings is 1. The standard InChI is InChI=1S/C11H8ClN3/c1-6-9(12)3-2-7-4-8(5-13)11(14)15-10(6)7/h2-4H,1H3,(H2,14,15). The van der Waals surface area contributed by atoms with Crippen LogP contribution < -0.4 is 5.73 Å². The fraction of sp³-hybridized carbons (Fsp3) is 0.0909. The third-order valence-electron chi connectivity index (χ3n) is 2.32. The average molecular weight is 218 g/mol. The van der Waals surface area contributed by atoms with Crippen molar-refractivity contribution in [1.82, 2.24) is 4.98 Å². The molecule has 1 heterocycles.